The van der Waals surface area contributed by atoms with Crippen LogP contribution in [0.25, 0.3) is 11.1 Å². The summed E-state index contributed by atoms with van der Waals surface area (Å²) >= 11 is 3.47. The molecular weight excluding hydrogens is 388 g/mol. The number of benzene rings is 2. The largest absolute Gasteiger partial charge is 0.326 e. The van der Waals surface area contributed by atoms with Gasteiger partial charge in [-0.1, -0.05) is 52.3 Å². The Morgan fingerprint density at radius 1 is 1.00 bits per heavy atom. The Kier molecular flexibility index (Phi) is 5.41. The Balaban J connectivity index is 1.35. The standard InChI is InChI=1S/C22H25BrN2O/c23-14-16-1-3-17(4-2-16)18-5-7-21(8-6-18)24-22(26)13-20-15-25-11-9-19(20)10-12-25/h1-8,19-20H,9-15H2,(H,24,26). The quantitative estimate of drug-likeness (QED) is 0.706. The van der Waals surface area contributed by atoms with Crippen LogP contribution in [0.4, 0.5) is 5.69 Å². The van der Waals surface area contributed by atoms with Crippen molar-refractivity contribution < 1.29 is 4.79 Å². The van der Waals surface area contributed by atoms with Crippen LogP contribution in [0.2, 0.25) is 0 Å². The van der Waals surface area contributed by atoms with Gasteiger partial charge in [0.05, 0.1) is 0 Å². The van der Waals surface area contributed by atoms with E-state index in [-0.39, 0.29) is 5.91 Å². The molecule has 26 heavy (non-hydrogen) atoms. The summed E-state index contributed by atoms with van der Waals surface area (Å²) in [5.74, 6) is 1.43. The molecule has 0 aliphatic carbocycles. The van der Waals surface area contributed by atoms with Gasteiger partial charge in [-0.2, -0.15) is 0 Å². The highest BCUT2D eigenvalue weighted by atomic mass is 79.9. The molecule has 1 unspecified atom stereocenters. The van der Waals surface area contributed by atoms with Crippen molar-refractivity contribution in [2.75, 3.05) is 25.0 Å². The van der Waals surface area contributed by atoms with Crippen molar-refractivity contribution >= 4 is 27.5 Å². The Bertz CT molecular complexity index is 749. The average molecular weight is 413 g/mol. The molecule has 1 N–H and O–H groups in total. The molecule has 3 fully saturated rings. The van der Waals surface area contributed by atoms with Crippen LogP contribution in [0.1, 0.15) is 24.8 Å². The molecule has 0 aromatic heterocycles. The molecule has 3 saturated heterocycles. The molecule has 4 heteroatoms. The fourth-order valence-corrected chi connectivity index (χ4v) is 4.68. The van der Waals surface area contributed by atoms with Crippen LogP contribution in [-0.2, 0) is 10.1 Å². The number of carbonyl (C=O) groups excluding carboxylic acids is 1. The second kappa shape index (κ2) is 7.93. The molecule has 0 spiro atoms. The van der Waals surface area contributed by atoms with E-state index in [0.717, 1.165) is 23.5 Å². The summed E-state index contributed by atoms with van der Waals surface area (Å²) < 4.78 is 0. The summed E-state index contributed by atoms with van der Waals surface area (Å²) in [5, 5.41) is 3.95. The zero-order valence-corrected chi connectivity index (χ0v) is 16.5. The molecule has 2 bridgehead atoms. The predicted molar refractivity (Wildman–Crippen MR) is 110 cm³/mol. The van der Waals surface area contributed by atoms with Crippen molar-refractivity contribution in [1.82, 2.24) is 4.90 Å². The maximum atomic E-state index is 12.4. The number of nitrogens with zero attached hydrogens (tertiary/aromatic N) is 1. The van der Waals surface area contributed by atoms with Crippen molar-refractivity contribution in [2.24, 2.45) is 11.8 Å². The molecule has 1 atom stereocenters. The second-order valence-corrected chi connectivity index (χ2v) is 8.12. The van der Waals surface area contributed by atoms with Gasteiger partial charge in [-0.15, -0.1) is 0 Å². The smallest absolute Gasteiger partial charge is 0.224 e. The fraction of sp³-hybridized carbons (Fsp3) is 0.409. The molecule has 3 nitrogen and oxygen atoms in total. The summed E-state index contributed by atoms with van der Waals surface area (Å²) in [6.45, 7) is 3.54. The number of carbonyl (C=O) groups is 1. The van der Waals surface area contributed by atoms with Crippen molar-refractivity contribution in [3.05, 3.63) is 54.1 Å². The van der Waals surface area contributed by atoms with Gasteiger partial charge in [0.25, 0.3) is 0 Å². The summed E-state index contributed by atoms with van der Waals surface area (Å²) in [7, 11) is 0. The van der Waals surface area contributed by atoms with Gasteiger partial charge in [0, 0.05) is 24.0 Å². The van der Waals surface area contributed by atoms with Gasteiger partial charge >= 0.3 is 0 Å². The fourth-order valence-electron chi connectivity index (χ4n) is 4.30. The predicted octanol–water partition coefficient (Wildman–Crippen LogP) is 4.92. The maximum Gasteiger partial charge on any atom is 0.224 e. The Morgan fingerprint density at radius 2 is 1.62 bits per heavy atom. The van der Waals surface area contributed by atoms with Crippen molar-refractivity contribution in [1.29, 1.82) is 0 Å². The third-order valence-corrected chi connectivity index (χ3v) is 6.50. The first-order valence-electron chi connectivity index (χ1n) is 9.49. The number of hydrogen-bond donors (Lipinski definition) is 1. The number of halogens is 1. The normalized spacial score (nSPS) is 24.4. The number of rotatable bonds is 5. The topological polar surface area (TPSA) is 32.3 Å². The summed E-state index contributed by atoms with van der Waals surface area (Å²) in [6, 6.07) is 16.7. The molecule has 0 saturated carbocycles. The SMILES string of the molecule is O=C(CC1CN2CCC1CC2)Nc1ccc(-c2ccc(CBr)cc2)cc1. The average Bonchev–Trinajstić information content (AvgIpc) is 2.69. The molecule has 3 aliphatic heterocycles. The minimum atomic E-state index is 0.151. The highest BCUT2D eigenvalue weighted by molar-refractivity contribution is 9.08. The first-order valence-corrected chi connectivity index (χ1v) is 10.6. The van der Waals surface area contributed by atoms with E-state index in [0.29, 0.717) is 12.3 Å². The summed E-state index contributed by atoms with van der Waals surface area (Å²) in [4.78, 5) is 15.0. The van der Waals surface area contributed by atoms with E-state index in [2.05, 4.69) is 62.5 Å². The molecule has 3 aliphatic rings. The zero-order valence-electron chi connectivity index (χ0n) is 15.0. The number of amides is 1. The van der Waals surface area contributed by atoms with Crippen LogP contribution in [-0.4, -0.2) is 30.4 Å². The molecule has 3 heterocycles. The molecule has 1 amide bonds. The van der Waals surface area contributed by atoms with Crippen LogP contribution in [0.15, 0.2) is 48.5 Å². The lowest BCUT2D eigenvalue weighted by atomic mass is 9.77. The van der Waals surface area contributed by atoms with Crippen molar-refractivity contribution in [2.45, 2.75) is 24.6 Å². The van der Waals surface area contributed by atoms with E-state index in [1.165, 1.54) is 42.6 Å². The minimum Gasteiger partial charge on any atom is -0.326 e. The van der Waals surface area contributed by atoms with Gasteiger partial charge in [-0.05, 0) is 66.6 Å². The molecule has 2 aromatic rings. The Hall–Kier alpha value is -1.65. The van der Waals surface area contributed by atoms with E-state index in [9.17, 15) is 4.79 Å². The number of fused-ring (bicyclic) bond motifs is 3. The van der Waals surface area contributed by atoms with E-state index < -0.39 is 0 Å². The highest BCUT2D eigenvalue weighted by Gasteiger charge is 2.34. The van der Waals surface area contributed by atoms with Crippen LogP contribution >= 0.6 is 15.9 Å². The lowest BCUT2D eigenvalue weighted by Crippen LogP contribution is -2.48. The zero-order chi connectivity index (χ0) is 17.9. The van der Waals surface area contributed by atoms with E-state index in [1.807, 2.05) is 12.1 Å². The molecule has 5 rings (SSSR count). The monoisotopic (exact) mass is 412 g/mol. The maximum absolute atomic E-state index is 12.4. The first kappa shape index (κ1) is 17.7. The number of anilines is 1. The summed E-state index contributed by atoms with van der Waals surface area (Å²) in [6.07, 6.45) is 3.18. The van der Waals surface area contributed by atoms with Crippen LogP contribution in [0.5, 0.6) is 0 Å². The second-order valence-electron chi connectivity index (χ2n) is 7.56. The molecule has 0 radical (unpaired) electrons. The lowest BCUT2D eigenvalue weighted by Gasteiger charge is -2.44. The van der Waals surface area contributed by atoms with Gasteiger partial charge in [-0.3, -0.25) is 4.79 Å². The number of alkyl halides is 1. The van der Waals surface area contributed by atoms with Gasteiger partial charge in [0.2, 0.25) is 5.91 Å². The van der Waals surface area contributed by atoms with Crippen molar-refractivity contribution in [3.8, 4) is 11.1 Å². The third-order valence-electron chi connectivity index (χ3n) is 5.85. The van der Waals surface area contributed by atoms with E-state index in [4.69, 9.17) is 0 Å². The highest BCUT2D eigenvalue weighted by Crippen LogP contribution is 2.34. The molecule has 136 valence electrons. The molecule has 2 aromatic carbocycles. The number of nitrogens with one attached hydrogen (secondary N) is 1. The molecular formula is C22H25BrN2O. The number of piperidine rings is 3. The lowest BCUT2D eigenvalue weighted by molar-refractivity contribution is -0.118. The van der Waals surface area contributed by atoms with Crippen molar-refractivity contribution in [3.63, 3.8) is 0 Å². The van der Waals surface area contributed by atoms with Crippen LogP contribution < -0.4 is 5.32 Å². The summed E-state index contributed by atoms with van der Waals surface area (Å²) in [5.41, 5.74) is 4.52. The third kappa shape index (κ3) is 4.02. The van der Waals surface area contributed by atoms with Gasteiger partial charge < -0.3 is 10.2 Å². The van der Waals surface area contributed by atoms with Crippen LogP contribution in [0, 0.1) is 11.8 Å². The van der Waals surface area contributed by atoms with Gasteiger partial charge in [0.15, 0.2) is 0 Å². The minimum absolute atomic E-state index is 0.151. The van der Waals surface area contributed by atoms with Gasteiger partial charge in [-0.25, -0.2) is 0 Å². The Morgan fingerprint density at radius 3 is 2.15 bits per heavy atom. The van der Waals surface area contributed by atoms with E-state index >= 15 is 0 Å². The Labute approximate surface area is 163 Å². The first-order chi connectivity index (χ1) is 12.7. The van der Waals surface area contributed by atoms with Gasteiger partial charge in [0.1, 0.15) is 0 Å². The van der Waals surface area contributed by atoms with E-state index in [1.54, 1.807) is 0 Å². The van der Waals surface area contributed by atoms with Crippen LogP contribution in [0.3, 0.4) is 0 Å². The number of hydrogen-bond acceptors (Lipinski definition) is 2.